The van der Waals surface area contributed by atoms with E-state index in [2.05, 4.69) is 36.1 Å². The number of piperidine rings is 2. The van der Waals surface area contributed by atoms with Gasteiger partial charge in [-0.05, 0) is 62.1 Å². The average Bonchev–Trinajstić information content (AvgIpc) is 2.61. The van der Waals surface area contributed by atoms with Crippen molar-refractivity contribution in [2.45, 2.75) is 64.0 Å². The highest BCUT2D eigenvalue weighted by atomic mass is 16.5. The number of carbonyl (C=O) groups is 1. The molecule has 1 saturated carbocycles. The Morgan fingerprint density at radius 1 is 1.21 bits per heavy atom. The molecule has 1 aromatic carbocycles. The summed E-state index contributed by atoms with van der Waals surface area (Å²) in [6, 6.07) is 10.0. The molecule has 3 fully saturated rings. The van der Waals surface area contributed by atoms with Crippen LogP contribution in [0.5, 0.6) is 0 Å². The van der Waals surface area contributed by atoms with E-state index in [1.807, 2.05) is 6.92 Å². The number of unbranched alkanes of at least 4 members (excludes halogenated alkanes) is 1. The predicted molar refractivity (Wildman–Crippen MR) is 94.9 cm³/mol. The number of rotatable bonds is 5. The van der Waals surface area contributed by atoms with Crippen LogP contribution in [0.4, 0.5) is 0 Å². The Balaban J connectivity index is 1.66. The molecule has 24 heavy (non-hydrogen) atoms. The quantitative estimate of drug-likeness (QED) is 0.771. The van der Waals surface area contributed by atoms with E-state index in [1.165, 1.54) is 12.8 Å². The summed E-state index contributed by atoms with van der Waals surface area (Å²) in [7, 11) is 0. The van der Waals surface area contributed by atoms with Crippen LogP contribution < -0.4 is 0 Å². The smallest absolute Gasteiger partial charge is 0.310 e. The Hall–Kier alpha value is -1.35. The number of esters is 1. The molecule has 4 aliphatic rings. The molecule has 0 N–H and O–H groups in total. The van der Waals surface area contributed by atoms with Gasteiger partial charge in [-0.2, -0.15) is 0 Å². The number of carbonyl (C=O) groups excluding carboxylic acids is 1. The van der Waals surface area contributed by atoms with Crippen molar-refractivity contribution in [1.82, 2.24) is 4.90 Å². The van der Waals surface area contributed by atoms with E-state index in [0.717, 1.165) is 25.8 Å². The van der Waals surface area contributed by atoms with Gasteiger partial charge < -0.3 is 4.74 Å². The molecule has 0 spiro atoms. The Morgan fingerprint density at radius 2 is 2.04 bits per heavy atom. The van der Waals surface area contributed by atoms with Crippen LogP contribution in [0.15, 0.2) is 24.3 Å². The molecule has 2 aliphatic heterocycles. The van der Waals surface area contributed by atoms with Crippen molar-refractivity contribution >= 4 is 5.97 Å². The SMILES string of the molecule is CCCCN1C2CC3c4ccccc4CC1C3CC2C(=O)OCC. The first-order valence-corrected chi connectivity index (χ1v) is 9.74. The number of fused-ring (bicyclic) bond motifs is 2. The third-order valence-electron chi connectivity index (χ3n) is 6.59. The fourth-order valence-corrected chi connectivity index (χ4v) is 5.61. The van der Waals surface area contributed by atoms with Gasteiger partial charge in [-0.15, -0.1) is 0 Å². The Labute approximate surface area is 145 Å². The van der Waals surface area contributed by atoms with Crippen LogP contribution in [0.2, 0.25) is 0 Å². The van der Waals surface area contributed by atoms with Crippen LogP contribution in [0, 0.1) is 11.8 Å². The molecular weight excluding hydrogens is 298 g/mol. The van der Waals surface area contributed by atoms with E-state index >= 15 is 0 Å². The van der Waals surface area contributed by atoms with Crippen molar-refractivity contribution in [3.05, 3.63) is 35.4 Å². The van der Waals surface area contributed by atoms with Gasteiger partial charge in [-0.25, -0.2) is 0 Å². The van der Waals surface area contributed by atoms with E-state index in [-0.39, 0.29) is 11.9 Å². The van der Waals surface area contributed by atoms with Crippen LogP contribution in [-0.2, 0) is 16.0 Å². The van der Waals surface area contributed by atoms with Crippen LogP contribution in [0.3, 0.4) is 0 Å². The molecule has 0 radical (unpaired) electrons. The lowest BCUT2D eigenvalue weighted by molar-refractivity contribution is -0.161. The molecule has 5 atom stereocenters. The van der Waals surface area contributed by atoms with Gasteiger partial charge in [0.25, 0.3) is 0 Å². The molecule has 4 bridgehead atoms. The zero-order chi connectivity index (χ0) is 16.7. The van der Waals surface area contributed by atoms with Crippen LogP contribution in [0.1, 0.15) is 56.6 Å². The summed E-state index contributed by atoms with van der Waals surface area (Å²) in [5, 5.41) is 0. The summed E-state index contributed by atoms with van der Waals surface area (Å²) in [6.45, 7) is 5.80. The summed E-state index contributed by atoms with van der Waals surface area (Å²) in [6.07, 6.45) is 5.75. The fourth-order valence-electron chi connectivity index (χ4n) is 5.61. The number of benzene rings is 1. The van der Waals surface area contributed by atoms with Gasteiger partial charge >= 0.3 is 5.97 Å². The molecule has 130 valence electrons. The van der Waals surface area contributed by atoms with Crippen molar-refractivity contribution in [2.24, 2.45) is 11.8 Å². The third kappa shape index (κ3) is 2.48. The zero-order valence-electron chi connectivity index (χ0n) is 14.9. The molecule has 5 unspecified atom stereocenters. The highest BCUT2D eigenvalue weighted by Crippen LogP contribution is 2.54. The lowest BCUT2D eigenvalue weighted by Crippen LogP contribution is -2.65. The molecule has 1 aromatic rings. The van der Waals surface area contributed by atoms with Gasteiger partial charge in [0, 0.05) is 12.1 Å². The van der Waals surface area contributed by atoms with E-state index in [1.54, 1.807) is 11.1 Å². The van der Waals surface area contributed by atoms with Crippen molar-refractivity contribution < 1.29 is 9.53 Å². The van der Waals surface area contributed by atoms with Crippen molar-refractivity contribution in [2.75, 3.05) is 13.2 Å². The molecule has 0 aromatic heterocycles. The van der Waals surface area contributed by atoms with Crippen molar-refractivity contribution in [1.29, 1.82) is 0 Å². The van der Waals surface area contributed by atoms with Gasteiger partial charge in [-0.1, -0.05) is 37.6 Å². The van der Waals surface area contributed by atoms with E-state index in [0.29, 0.717) is 30.5 Å². The maximum atomic E-state index is 12.5. The van der Waals surface area contributed by atoms with Gasteiger partial charge in [0.2, 0.25) is 0 Å². The minimum Gasteiger partial charge on any atom is -0.466 e. The summed E-state index contributed by atoms with van der Waals surface area (Å²) >= 11 is 0. The van der Waals surface area contributed by atoms with Gasteiger partial charge in [-0.3, -0.25) is 9.69 Å². The van der Waals surface area contributed by atoms with E-state index in [4.69, 9.17) is 4.74 Å². The van der Waals surface area contributed by atoms with Crippen LogP contribution in [-0.4, -0.2) is 36.1 Å². The summed E-state index contributed by atoms with van der Waals surface area (Å²) in [5.41, 5.74) is 3.10. The Bertz CT molecular complexity index is 614. The highest BCUT2D eigenvalue weighted by Gasteiger charge is 2.55. The molecule has 5 rings (SSSR count). The molecule has 3 heteroatoms. The second-order valence-electron chi connectivity index (χ2n) is 7.73. The molecule has 2 saturated heterocycles. The summed E-state index contributed by atoms with van der Waals surface area (Å²) in [4.78, 5) is 15.2. The van der Waals surface area contributed by atoms with Crippen molar-refractivity contribution in [3.8, 4) is 0 Å². The third-order valence-corrected chi connectivity index (χ3v) is 6.59. The first-order valence-electron chi connectivity index (χ1n) is 9.74. The second kappa shape index (κ2) is 6.51. The zero-order valence-corrected chi connectivity index (χ0v) is 14.9. The first kappa shape index (κ1) is 16.1. The number of nitrogens with zero attached hydrogens (tertiary/aromatic N) is 1. The maximum Gasteiger partial charge on any atom is 0.310 e. The molecule has 3 nitrogen and oxygen atoms in total. The van der Waals surface area contributed by atoms with E-state index < -0.39 is 0 Å². The molecule has 2 aliphatic carbocycles. The lowest BCUT2D eigenvalue weighted by atomic mass is 9.57. The fraction of sp³-hybridized carbons (Fsp3) is 0.667. The van der Waals surface area contributed by atoms with E-state index in [9.17, 15) is 4.79 Å². The maximum absolute atomic E-state index is 12.5. The van der Waals surface area contributed by atoms with Crippen LogP contribution >= 0.6 is 0 Å². The average molecular weight is 327 g/mol. The summed E-state index contributed by atoms with van der Waals surface area (Å²) < 4.78 is 5.41. The number of ether oxygens (including phenoxy) is 1. The minimum atomic E-state index is 0.0414. The topological polar surface area (TPSA) is 29.5 Å². The molecule has 0 amide bonds. The lowest BCUT2D eigenvalue weighted by Gasteiger charge is -2.60. The van der Waals surface area contributed by atoms with Gasteiger partial charge in [0.15, 0.2) is 0 Å². The predicted octanol–water partition coefficient (Wildman–Crippen LogP) is 3.77. The van der Waals surface area contributed by atoms with Crippen LogP contribution in [0.25, 0.3) is 0 Å². The Morgan fingerprint density at radius 3 is 2.83 bits per heavy atom. The van der Waals surface area contributed by atoms with Gasteiger partial charge in [0.1, 0.15) is 0 Å². The van der Waals surface area contributed by atoms with Crippen molar-refractivity contribution in [3.63, 3.8) is 0 Å². The monoisotopic (exact) mass is 327 g/mol. The standard InChI is InChI=1S/C21H29NO2/c1-3-5-10-22-19-11-14-8-6-7-9-15(14)16-13-20(22)18(12-17(16)19)21(23)24-4-2/h6-9,16-20H,3-5,10-13H2,1-2H3. The largest absolute Gasteiger partial charge is 0.466 e. The summed E-state index contributed by atoms with van der Waals surface area (Å²) in [5.74, 6) is 1.40. The number of hydrogen-bond acceptors (Lipinski definition) is 3. The minimum absolute atomic E-state index is 0.0414. The normalized spacial score (nSPS) is 34.0. The molecule has 2 heterocycles. The highest BCUT2D eigenvalue weighted by molar-refractivity contribution is 5.74. The number of hydrogen-bond donors (Lipinski definition) is 0. The van der Waals surface area contributed by atoms with Gasteiger partial charge in [0.05, 0.1) is 12.5 Å². The Kier molecular flexibility index (Phi) is 4.38. The second-order valence-corrected chi connectivity index (χ2v) is 7.73. The molecular formula is C21H29NO2. The first-order chi connectivity index (χ1) is 11.7.